The maximum atomic E-state index is 5.25. The van der Waals surface area contributed by atoms with Crippen LogP contribution in [0.3, 0.4) is 0 Å². The highest BCUT2D eigenvalue weighted by Gasteiger charge is 2.07. The third kappa shape index (κ3) is 2.95. The van der Waals surface area contributed by atoms with Gasteiger partial charge in [0.1, 0.15) is 5.01 Å². The monoisotopic (exact) mass is 314 g/mol. The summed E-state index contributed by atoms with van der Waals surface area (Å²) in [6.07, 6.45) is 0.740. The van der Waals surface area contributed by atoms with Gasteiger partial charge in [-0.25, -0.2) is 0 Å². The van der Waals surface area contributed by atoms with Gasteiger partial charge in [0.25, 0.3) is 0 Å². The first-order chi connectivity index (χ1) is 8.22. The maximum absolute atomic E-state index is 5.25. The van der Waals surface area contributed by atoms with E-state index < -0.39 is 0 Å². The Morgan fingerprint density at radius 3 is 2.53 bits per heavy atom. The van der Waals surface area contributed by atoms with E-state index in [9.17, 15) is 0 Å². The Bertz CT molecular complexity index is 516. The number of rotatable bonds is 4. The van der Waals surface area contributed by atoms with Crippen LogP contribution in [0.5, 0.6) is 11.5 Å². The Kier molecular flexibility index (Phi) is 3.96. The first-order valence-corrected chi connectivity index (χ1v) is 6.52. The molecule has 6 heteroatoms. The minimum atomic E-state index is 0.730. The van der Waals surface area contributed by atoms with Gasteiger partial charge < -0.3 is 9.47 Å². The molecule has 1 aromatic carbocycles. The van der Waals surface area contributed by atoms with Crippen molar-refractivity contribution in [1.82, 2.24) is 10.2 Å². The van der Waals surface area contributed by atoms with Gasteiger partial charge in [-0.3, -0.25) is 0 Å². The van der Waals surface area contributed by atoms with Crippen molar-refractivity contribution in [3.05, 3.63) is 32.7 Å². The molecule has 0 bridgehead atoms. The summed E-state index contributed by atoms with van der Waals surface area (Å²) in [7, 11) is 3.25. The highest BCUT2D eigenvalue weighted by molar-refractivity contribution is 9.11. The molecule has 0 aliphatic carbocycles. The summed E-state index contributed by atoms with van der Waals surface area (Å²) in [4.78, 5) is 0. The van der Waals surface area contributed by atoms with Crippen molar-refractivity contribution in [3.63, 3.8) is 0 Å². The van der Waals surface area contributed by atoms with Gasteiger partial charge in [0.15, 0.2) is 15.4 Å². The predicted molar refractivity (Wildman–Crippen MR) is 70.0 cm³/mol. The fourth-order valence-corrected chi connectivity index (χ4v) is 2.71. The van der Waals surface area contributed by atoms with Crippen molar-refractivity contribution in [2.45, 2.75) is 6.42 Å². The van der Waals surface area contributed by atoms with Crippen molar-refractivity contribution >= 4 is 27.3 Å². The number of halogens is 1. The second-order valence-corrected chi connectivity index (χ2v) is 5.65. The van der Waals surface area contributed by atoms with E-state index in [1.54, 1.807) is 14.2 Å². The lowest BCUT2D eigenvalue weighted by Crippen LogP contribution is -1.93. The van der Waals surface area contributed by atoms with Crippen LogP contribution >= 0.6 is 27.3 Å². The fourth-order valence-electron chi connectivity index (χ4n) is 1.47. The molecule has 0 N–H and O–H groups in total. The molecule has 0 radical (unpaired) electrons. The molecule has 1 heterocycles. The topological polar surface area (TPSA) is 44.2 Å². The summed E-state index contributed by atoms with van der Waals surface area (Å²) in [5.74, 6) is 1.46. The van der Waals surface area contributed by atoms with Crippen molar-refractivity contribution in [3.8, 4) is 11.5 Å². The molecule has 0 saturated carbocycles. The van der Waals surface area contributed by atoms with Crippen LogP contribution in [0, 0.1) is 0 Å². The average molecular weight is 315 g/mol. The molecule has 0 saturated heterocycles. The highest BCUT2D eigenvalue weighted by atomic mass is 79.9. The third-order valence-electron chi connectivity index (χ3n) is 2.25. The van der Waals surface area contributed by atoms with E-state index in [1.807, 2.05) is 18.2 Å². The van der Waals surface area contributed by atoms with Gasteiger partial charge in [0, 0.05) is 6.42 Å². The van der Waals surface area contributed by atoms with Gasteiger partial charge >= 0.3 is 0 Å². The fraction of sp³-hybridized carbons (Fsp3) is 0.273. The number of nitrogens with zero attached hydrogens (tertiary/aromatic N) is 2. The normalized spacial score (nSPS) is 10.3. The Labute approximate surface area is 112 Å². The summed E-state index contributed by atoms with van der Waals surface area (Å²) in [5, 5.41) is 8.94. The molecule has 0 aliphatic heterocycles. The molecule has 2 rings (SSSR count). The van der Waals surface area contributed by atoms with E-state index in [4.69, 9.17) is 9.47 Å². The first kappa shape index (κ1) is 12.3. The van der Waals surface area contributed by atoms with E-state index in [2.05, 4.69) is 26.1 Å². The lowest BCUT2D eigenvalue weighted by Gasteiger charge is -2.08. The zero-order valence-electron chi connectivity index (χ0n) is 9.44. The minimum absolute atomic E-state index is 0.730. The number of ether oxygens (including phenoxy) is 2. The molecule has 17 heavy (non-hydrogen) atoms. The largest absolute Gasteiger partial charge is 0.493 e. The summed E-state index contributed by atoms with van der Waals surface area (Å²) < 4.78 is 11.2. The van der Waals surface area contributed by atoms with Gasteiger partial charge in [0.05, 0.1) is 14.2 Å². The molecule has 4 nitrogen and oxygen atoms in total. The molecular formula is C11H11BrN2O2S. The van der Waals surface area contributed by atoms with E-state index in [-0.39, 0.29) is 0 Å². The zero-order chi connectivity index (χ0) is 12.3. The van der Waals surface area contributed by atoms with Crippen molar-refractivity contribution in [2.75, 3.05) is 14.2 Å². The van der Waals surface area contributed by atoms with Gasteiger partial charge in [-0.1, -0.05) is 17.4 Å². The molecule has 90 valence electrons. The third-order valence-corrected chi connectivity index (χ3v) is 3.60. The molecule has 0 fully saturated rings. The molecule has 0 amide bonds. The van der Waals surface area contributed by atoms with Gasteiger partial charge in [0.2, 0.25) is 0 Å². The lowest BCUT2D eigenvalue weighted by molar-refractivity contribution is 0.354. The molecule has 0 unspecified atom stereocenters. The van der Waals surface area contributed by atoms with Crippen molar-refractivity contribution < 1.29 is 9.47 Å². The summed E-state index contributed by atoms with van der Waals surface area (Å²) in [6.45, 7) is 0. The summed E-state index contributed by atoms with van der Waals surface area (Å²) in [5.41, 5.74) is 1.12. The Morgan fingerprint density at radius 1 is 1.18 bits per heavy atom. The Hall–Kier alpha value is -1.14. The number of methoxy groups -OCH3 is 2. The average Bonchev–Trinajstić information content (AvgIpc) is 2.74. The highest BCUT2D eigenvalue weighted by Crippen LogP contribution is 2.29. The molecule has 0 spiro atoms. The van der Waals surface area contributed by atoms with Gasteiger partial charge in [-0.2, -0.15) is 0 Å². The molecule has 1 aromatic heterocycles. The van der Waals surface area contributed by atoms with Gasteiger partial charge in [-0.15, -0.1) is 10.2 Å². The van der Waals surface area contributed by atoms with Crippen LogP contribution in [-0.2, 0) is 6.42 Å². The van der Waals surface area contributed by atoms with Crippen molar-refractivity contribution in [2.24, 2.45) is 0 Å². The van der Waals surface area contributed by atoms with Crippen LogP contribution < -0.4 is 9.47 Å². The van der Waals surface area contributed by atoms with Crippen LogP contribution in [0.1, 0.15) is 10.6 Å². The molecular weight excluding hydrogens is 304 g/mol. The molecule has 0 atom stereocenters. The molecule has 2 aromatic rings. The van der Waals surface area contributed by atoms with Crippen molar-refractivity contribution in [1.29, 1.82) is 0 Å². The SMILES string of the molecule is COc1ccc(Cc2nnc(Br)s2)cc1OC. The number of benzene rings is 1. The smallest absolute Gasteiger partial charge is 0.183 e. The van der Waals surface area contributed by atoms with Crippen LogP contribution in [-0.4, -0.2) is 24.4 Å². The Balaban J connectivity index is 2.22. The number of hydrogen-bond acceptors (Lipinski definition) is 5. The summed E-state index contributed by atoms with van der Waals surface area (Å²) >= 11 is 4.83. The first-order valence-electron chi connectivity index (χ1n) is 4.91. The second-order valence-electron chi connectivity index (χ2n) is 3.31. The number of hydrogen-bond donors (Lipinski definition) is 0. The van der Waals surface area contributed by atoms with E-state index in [1.165, 1.54) is 11.3 Å². The van der Waals surface area contributed by atoms with E-state index >= 15 is 0 Å². The van der Waals surface area contributed by atoms with Crippen LogP contribution in [0.25, 0.3) is 0 Å². The second kappa shape index (κ2) is 5.46. The van der Waals surface area contributed by atoms with E-state index in [0.29, 0.717) is 0 Å². The van der Waals surface area contributed by atoms with E-state index in [0.717, 1.165) is 32.4 Å². The summed E-state index contributed by atoms with van der Waals surface area (Å²) in [6, 6.07) is 5.84. The minimum Gasteiger partial charge on any atom is -0.493 e. The van der Waals surface area contributed by atoms with Crippen LogP contribution in [0.4, 0.5) is 0 Å². The van der Waals surface area contributed by atoms with Crippen LogP contribution in [0.2, 0.25) is 0 Å². The Morgan fingerprint density at radius 2 is 1.94 bits per heavy atom. The molecule has 0 aliphatic rings. The van der Waals surface area contributed by atoms with Gasteiger partial charge in [-0.05, 0) is 33.6 Å². The number of aromatic nitrogens is 2. The quantitative estimate of drug-likeness (QED) is 0.870. The predicted octanol–water partition coefficient (Wildman–Crippen LogP) is 2.91. The standard InChI is InChI=1S/C11H11BrN2O2S/c1-15-8-4-3-7(5-9(8)16-2)6-10-13-14-11(12)17-10/h3-5H,6H2,1-2H3. The van der Waals surface area contributed by atoms with Crippen LogP contribution in [0.15, 0.2) is 22.1 Å². The maximum Gasteiger partial charge on any atom is 0.183 e. The zero-order valence-corrected chi connectivity index (χ0v) is 11.8. The lowest BCUT2D eigenvalue weighted by atomic mass is 10.1.